The van der Waals surface area contributed by atoms with E-state index in [0.29, 0.717) is 29.4 Å². The zero-order valence-corrected chi connectivity index (χ0v) is 22.1. The van der Waals surface area contributed by atoms with Crippen LogP contribution in [0.1, 0.15) is 71.9 Å². The maximum absolute atomic E-state index is 12.2. The highest BCUT2D eigenvalue weighted by atomic mass is 16.7. The number of carbonyl (C=O) groups excluding carboxylic acids is 1. The number of rotatable bonds is 9. The van der Waals surface area contributed by atoms with Crippen molar-refractivity contribution in [2.45, 2.75) is 96.4 Å². The van der Waals surface area contributed by atoms with Crippen LogP contribution in [0.4, 0.5) is 5.82 Å². The first-order chi connectivity index (χ1) is 17.5. The normalized spacial score (nSPS) is 28.0. The van der Waals surface area contributed by atoms with Gasteiger partial charge in [0.1, 0.15) is 35.8 Å². The van der Waals surface area contributed by atoms with E-state index in [0.717, 1.165) is 12.8 Å². The molecule has 0 radical (unpaired) electrons. The second-order valence-electron chi connectivity index (χ2n) is 11.3. The van der Waals surface area contributed by atoms with Gasteiger partial charge in [0.05, 0.1) is 17.7 Å². The third kappa shape index (κ3) is 6.06. The highest BCUT2D eigenvalue weighted by Crippen LogP contribution is 2.42. The molecule has 4 rings (SSSR count). The van der Waals surface area contributed by atoms with Gasteiger partial charge in [0.15, 0.2) is 18.9 Å². The van der Waals surface area contributed by atoms with E-state index in [-0.39, 0.29) is 13.4 Å². The molecule has 0 spiro atoms. The Labute approximate surface area is 217 Å². The fourth-order valence-corrected chi connectivity index (χ4v) is 5.20. The molecule has 2 fully saturated rings. The second-order valence-corrected chi connectivity index (χ2v) is 11.3. The van der Waals surface area contributed by atoms with Gasteiger partial charge in [-0.2, -0.15) is 5.10 Å². The number of hydrogen-bond donors (Lipinski definition) is 3. The highest BCUT2D eigenvalue weighted by Gasteiger charge is 2.55. The predicted octanol–water partition coefficient (Wildman–Crippen LogP) is 2.52. The summed E-state index contributed by atoms with van der Waals surface area (Å²) in [5, 5.41) is 26.3. The van der Waals surface area contributed by atoms with Gasteiger partial charge in [-0.3, -0.25) is 4.79 Å². The van der Waals surface area contributed by atoms with Gasteiger partial charge < -0.3 is 34.9 Å². The van der Waals surface area contributed by atoms with E-state index < -0.39 is 41.6 Å². The van der Waals surface area contributed by atoms with Crippen LogP contribution in [0.2, 0.25) is 0 Å². The number of hydrogen-bond acceptors (Lipinski definition) is 10. The van der Waals surface area contributed by atoms with E-state index in [9.17, 15) is 15.0 Å². The number of aliphatic hydroxyl groups is 2. The van der Waals surface area contributed by atoms with Crippen LogP contribution in [-0.2, 0) is 29.3 Å². The van der Waals surface area contributed by atoms with Gasteiger partial charge in [0.2, 0.25) is 0 Å². The summed E-state index contributed by atoms with van der Waals surface area (Å²) in [5.41, 5.74) is 5.17. The summed E-state index contributed by atoms with van der Waals surface area (Å²) < 4.78 is 24.9. The third-order valence-electron chi connectivity index (χ3n) is 7.40. The molecule has 3 heterocycles. The molecular weight excluding hydrogens is 480 g/mol. The molecule has 0 aromatic carbocycles. The number of esters is 1. The van der Waals surface area contributed by atoms with Crippen molar-refractivity contribution in [2.24, 2.45) is 11.3 Å². The van der Waals surface area contributed by atoms with Crippen molar-refractivity contribution in [1.29, 1.82) is 0 Å². The van der Waals surface area contributed by atoms with Crippen LogP contribution < -0.4 is 5.73 Å². The lowest BCUT2D eigenvalue weighted by Gasteiger charge is -2.28. The highest BCUT2D eigenvalue weighted by molar-refractivity contribution is 5.75. The minimum absolute atomic E-state index is 0.0150. The first kappa shape index (κ1) is 27.7. The van der Waals surface area contributed by atoms with Crippen molar-refractivity contribution in [3.8, 4) is 0 Å². The summed E-state index contributed by atoms with van der Waals surface area (Å²) in [6.07, 6.45) is 3.90. The number of nitrogens with zero attached hydrogens (tertiary/aromatic N) is 3. The number of ether oxygens (including phenoxy) is 4. The summed E-state index contributed by atoms with van der Waals surface area (Å²) in [6.45, 7) is 6.59. The maximum Gasteiger partial charge on any atom is 0.313 e. The van der Waals surface area contributed by atoms with E-state index >= 15 is 0 Å². The Morgan fingerprint density at radius 3 is 2.73 bits per heavy atom. The molecular formula is C26H40N4O7. The van der Waals surface area contributed by atoms with E-state index in [1.807, 2.05) is 0 Å². The van der Waals surface area contributed by atoms with Gasteiger partial charge in [-0.25, -0.2) is 9.50 Å². The summed E-state index contributed by atoms with van der Waals surface area (Å²) >= 11 is 0. The number of fused-ring (bicyclic) bond motifs is 1. The Morgan fingerprint density at radius 2 is 2.03 bits per heavy atom. The van der Waals surface area contributed by atoms with Gasteiger partial charge in [0, 0.05) is 6.42 Å². The number of nitrogen functional groups attached to an aromatic ring is 1. The molecule has 1 saturated heterocycles. The van der Waals surface area contributed by atoms with E-state index in [2.05, 4.69) is 10.1 Å². The zero-order chi connectivity index (χ0) is 26.8. The lowest BCUT2D eigenvalue weighted by molar-refractivity contribution is -0.184. The summed E-state index contributed by atoms with van der Waals surface area (Å²) in [5.74, 6) is 0.305. The molecule has 2 aliphatic rings. The molecule has 1 aliphatic carbocycles. The molecule has 1 saturated carbocycles. The van der Waals surface area contributed by atoms with Crippen LogP contribution in [0.25, 0.3) is 5.52 Å². The second kappa shape index (κ2) is 11.2. The molecule has 1 unspecified atom stereocenters. The fraction of sp³-hybridized carbons (Fsp3) is 0.731. The number of anilines is 1. The lowest BCUT2D eigenvalue weighted by Crippen LogP contribution is -2.42. The molecule has 11 nitrogen and oxygen atoms in total. The van der Waals surface area contributed by atoms with Gasteiger partial charge in [-0.15, -0.1) is 0 Å². The Morgan fingerprint density at radius 1 is 1.30 bits per heavy atom. The van der Waals surface area contributed by atoms with Crippen LogP contribution in [0, 0.1) is 11.3 Å². The van der Waals surface area contributed by atoms with Crippen LogP contribution in [0.5, 0.6) is 0 Å². The zero-order valence-electron chi connectivity index (χ0n) is 22.1. The van der Waals surface area contributed by atoms with Crippen molar-refractivity contribution in [2.75, 3.05) is 19.1 Å². The first-order valence-corrected chi connectivity index (χ1v) is 13.0. The standard InChI is InChI=1S/C26H40N4O7/c1-25(2,3)24(33)36-15-35-21-18(13-34-20(31)12-16-8-6-5-7-9-16)37-26(4,22(21)32)19-11-10-17-23(27)28-14-29-30(17)19/h10-11,14,16,18,20-22,31-32H,5-9,12-13,15H2,1-4H3,(H2,27,28,29)/t18-,20?,21-,22-,26+/m1/s1. The van der Waals surface area contributed by atoms with Crippen molar-refractivity contribution in [3.63, 3.8) is 0 Å². The molecule has 37 heavy (non-hydrogen) atoms. The first-order valence-electron chi connectivity index (χ1n) is 13.0. The van der Waals surface area contributed by atoms with E-state index in [4.69, 9.17) is 24.7 Å². The Bertz CT molecular complexity index is 1060. The minimum Gasteiger partial charge on any atom is -0.438 e. The van der Waals surface area contributed by atoms with Crippen LogP contribution in [0.3, 0.4) is 0 Å². The minimum atomic E-state index is -1.26. The van der Waals surface area contributed by atoms with Gasteiger partial charge in [0.25, 0.3) is 0 Å². The molecule has 0 amide bonds. The smallest absolute Gasteiger partial charge is 0.313 e. The van der Waals surface area contributed by atoms with E-state index in [1.54, 1.807) is 44.3 Å². The van der Waals surface area contributed by atoms with Gasteiger partial charge >= 0.3 is 5.97 Å². The van der Waals surface area contributed by atoms with Gasteiger partial charge in [-0.05, 0) is 45.7 Å². The number of carbonyl (C=O) groups is 1. The third-order valence-corrected chi connectivity index (χ3v) is 7.40. The van der Waals surface area contributed by atoms with Gasteiger partial charge in [-0.1, -0.05) is 32.1 Å². The fourth-order valence-electron chi connectivity index (χ4n) is 5.20. The van der Waals surface area contributed by atoms with Crippen molar-refractivity contribution >= 4 is 17.3 Å². The molecule has 4 N–H and O–H groups in total. The van der Waals surface area contributed by atoms with Crippen LogP contribution in [0.15, 0.2) is 18.5 Å². The predicted molar refractivity (Wildman–Crippen MR) is 134 cm³/mol. The molecule has 2 aromatic heterocycles. The topological polar surface area (TPSA) is 151 Å². The maximum atomic E-state index is 12.2. The molecule has 0 bridgehead atoms. The summed E-state index contributed by atoms with van der Waals surface area (Å²) in [4.78, 5) is 16.2. The monoisotopic (exact) mass is 520 g/mol. The lowest BCUT2D eigenvalue weighted by atomic mass is 9.87. The quantitative estimate of drug-likeness (QED) is 0.332. The molecule has 1 aliphatic heterocycles. The van der Waals surface area contributed by atoms with Crippen molar-refractivity contribution < 1.29 is 34.0 Å². The van der Waals surface area contributed by atoms with Crippen molar-refractivity contribution in [1.82, 2.24) is 14.6 Å². The number of nitrogens with two attached hydrogens (primary N) is 1. The van der Waals surface area contributed by atoms with E-state index in [1.165, 1.54) is 25.6 Å². The SMILES string of the molecule is CC(C)(C)C(=O)OCO[C@H]1[C@@H](O)[C@](C)(c2ccc3c(N)ncnn23)O[C@@H]1COC(O)CC1CCCCC1. The average Bonchev–Trinajstić information content (AvgIpc) is 3.39. The largest absolute Gasteiger partial charge is 0.438 e. The molecule has 5 atom stereocenters. The van der Waals surface area contributed by atoms with Crippen LogP contribution >= 0.6 is 0 Å². The van der Waals surface area contributed by atoms with Crippen molar-refractivity contribution in [3.05, 3.63) is 24.2 Å². The Hall–Kier alpha value is -2.31. The summed E-state index contributed by atoms with van der Waals surface area (Å²) in [6, 6.07) is 3.52. The number of aromatic nitrogens is 3. The van der Waals surface area contributed by atoms with Crippen LogP contribution in [-0.4, -0.2) is 68.8 Å². The Balaban J connectivity index is 1.50. The molecule has 206 valence electrons. The molecule has 11 heteroatoms. The molecule has 2 aromatic rings. The average molecular weight is 521 g/mol. The summed E-state index contributed by atoms with van der Waals surface area (Å²) in [7, 11) is 0. The number of aliphatic hydroxyl groups excluding tert-OH is 2. The Kier molecular flexibility index (Phi) is 8.39.